The van der Waals surface area contributed by atoms with Crippen molar-refractivity contribution in [2.75, 3.05) is 13.1 Å². The van der Waals surface area contributed by atoms with E-state index in [-0.39, 0.29) is 23.7 Å². The Labute approximate surface area is 106 Å². The van der Waals surface area contributed by atoms with Crippen molar-refractivity contribution < 1.29 is 9.59 Å². The van der Waals surface area contributed by atoms with Crippen LogP contribution in [0.3, 0.4) is 0 Å². The lowest BCUT2D eigenvalue weighted by Crippen LogP contribution is -2.38. The molecular weight excluding hydrogens is 228 g/mol. The fourth-order valence-electron chi connectivity index (χ4n) is 1.82. The van der Waals surface area contributed by atoms with E-state index in [0.29, 0.717) is 13.1 Å². The minimum atomic E-state index is -0.165. The number of amides is 2. The molecule has 0 spiro atoms. The van der Waals surface area contributed by atoms with Crippen molar-refractivity contribution in [1.29, 1.82) is 0 Å². The zero-order valence-electron chi connectivity index (χ0n) is 10.0. The molecule has 18 heavy (non-hydrogen) atoms. The molecule has 0 bridgehead atoms. The third-order valence-corrected chi connectivity index (χ3v) is 2.82. The van der Waals surface area contributed by atoms with Gasteiger partial charge < -0.3 is 10.6 Å². The van der Waals surface area contributed by atoms with Crippen molar-refractivity contribution in [2.45, 2.75) is 0 Å². The predicted molar refractivity (Wildman–Crippen MR) is 69.6 cm³/mol. The van der Waals surface area contributed by atoms with Gasteiger partial charge in [-0.15, -0.1) is 0 Å². The number of hydrogen-bond donors (Lipinski definition) is 2. The lowest BCUT2D eigenvalue weighted by molar-refractivity contribution is -0.124. The molecule has 2 amide bonds. The quantitative estimate of drug-likeness (QED) is 0.700. The summed E-state index contributed by atoms with van der Waals surface area (Å²) < 4.78 is 0. The summed E-state index contributed by atoms with van der Waals surface area (Å²) in [5.74, 6) is -0.396. The van der Waals surface area contributed by atoms with Crippen LogP contribution in [-0.2, 0) is 9.59 Å². The smallest absolute Gasteiger partial charge is 0.230 e. The summed E-state index contributed by atoms with van der Waals surface area (Å²) in [5, 5.41) is 5.56. The number of carbonyl (C=O) groups is 2. The Morgan fingerprint density at radius 2 is 1.06 bits per heavy atom. The standard InChI is InChI=1S/C14H16N2O2/c17-13(11-5-1-2-6-11)15-9-10-16-14(18)12-7-3-4-8-12/h1-8,11-12H,9-10H2,(H,15,17)(H,16,18). The van der Waals surface area contributed by atoms with E-state index in [1.54, 1.807) is 0 Å². The number of hydrogen-bond acceptors (Lipinski definition) is 2. The first-order chi connectivity index (χ1) is 8.77. The van der Waals surface area contributed by atoms with E-state index in [1.165, 1.54) is 0 Å². The van der Waals surface area contributed by atoms with Crippen molar-refractivity contribution in [3.8, 4) is 0 Å². The van der Waals surface area contributed by atoms with Gasteiger partial charge in [0.2, 0.25) is 11.8 Å². The van der Waals surface area contributed by atoms with Gasteiger partial charge in [-0.1, -0.05) is 48.6 Å². The monoisotopic (exact) mass is 244 g/mol. The highest BCUT2D eigenvalue weighted by atomic mass is 16.2. The summed E-state index contributed by atoms with van der Waals surface area (Å²) in [5.41, 5.74) is 0. The van der Waals surface area contributed by atoms with Gasteiger partial charge >= 0.3 is 0 Å². The summed E-state index contributed by atoms with van der Waals surface area (Å²) in [6.45, 7) is 0.895. The van der Waals surface area contributed by atoms with Crippen LogP contribution in [0.2, 0.25) is 0 Å². The fraction of sp³-hybridized carbons (Fsp3) is 0.286. The van der Waals surface area contributed by atoms with Gasteiger partial charge in [0, 0.05) is 13.1 Å². The highest BCUT2D eigenvalue weighted by Crippen LogP contribution is 2.08. The molecule has 0 unspecified atom stereocenters. The molecule has 0 aromatic rings. The van der Waals surface area contributed by atoms with Crippen LogP contribution >= 0.6 is 0 Å². The average Bonchev–Trinajstić information content (AvgIpc) is 3.05. The molecule has 4 nitrogen and oxygen atoms in total. The molecule has 0 aromatic heterocycles. The van der Waals surface area contributed by atoms with Crippen molar-refractivity contribution in [1.82, 2.24) is 10.6 Å². The van der Waals surface area contributed by atoms with Crippen LogP contribution in [0.4, 0.5) is 0 Å². The Morgan fingerprint density at radius 1 is 0.722 bits per heavy atom. The van der Waals surface area contributed by atoms with Gasteiger partial charge in [0.15, 0.2) is 0 Å². The maximum Gasteiger partial charge on any atom is 0.230 e. The van der Waals surface area contributed by atoms with E-state index in [0.717, 1.165) is 0 Å². The molecule has 0 aliphatic heterocycles. The van der Waals surface area contributed by atoms with Crippen molar-refractivity contribution >= 4 is 11.8 Å². The number of allylic oxidation sites excluding steroid dienone is 4. The molecule has 0 aromatic carbocycles. The van der Waals surface area contributed by atoms with Gasteiger partial charge in [-0.3, -0.25) is 9.59 Å². The molecule has 0 heterocycles. The van der Waals surface area contributed by atoms with Crippen LogP contribution in [0.25, 0.3) is 0 Å². The number of nitrogens with one attached hydrogen (secondary N) is 2. The highest BCUT2D eigenvalue weighted by molar-refractivity contribution is 5.84. The minimum absolute atomic E-state index is 0.0325. The van der Waals surface area contributed by atoms with Crippen LogP contribution in [0.1, 0.15) is 0 Å². The summed E-state index contributed by atoms with van der Waals surface area (Å²) in [6.07, 6.45) is 14.7. The Hall–Kier alpha value is -2.10. The molecule has 94 valence electrons. The number of carbonyl (C=O) groups excluding carboxylic acids is 2. The first-order valence-electron chi connectivity index (χ1n) is 6.03. The van der Waals surface area contributed by atoms with Crippen LogP contribution in [-0.4, -0.2) is 24.9 Å². The SMILES string of the molecule is O=C(NCCNC(=O)C1C=CC=C1)C1C=CC=C1. The second-order valence-electron chi connectivity index (χ2n) is 4.17. The summed E-state index contributed by atoms with van der Waals surface area (Å²) in [4.78, 5) is 23.2. The average molecular weight is 244 g/mol. The van der Waals surface area contributed by atoms with Crippen LogP contribution in [0.15, 0.2) is 48.6 Å². The molecule has 0 saturated heterocycles. The second kappa shape index (κ2) is 6.00. The predicted octanol–water partition coefficient (Wildman–Crippen LogP) is 0.703. The zero-order valence-corrected chi connectivity index (χ0v) is 10.0. The van der Waals surface area contributed by atoms with E-state index in [1.807, 2.05) is 48.6 Å². The van der Waals surface area contributed by atoms with Crippen LogP contribution in [0, 0.1) is 11.8 Å². The zero-order chi connectivity index (χ0) is 12.8. The molecule has 2 N–H and O–H groups in total. The van der Waals surface area contributed by atoms with E-state index >= 15 is 0 Å². The van der Waals surface area contributed by atoms with Gasteiger partial charge in [0.1, 0.15) is 0 Å². The third-order valence-electron chi connectivity index (χ3n) is 2.82. The number of rotatable bonds is 5. The normalized spacial score (nSPS) is 17.6. The molecule has 0 fully saturated rings. The fourth-order valence-corrected chi connectivity index (χ4v) is 1.82. The third kappa shape index (κ3) is 3.20. The first-order valence-corrected chi connectivity index (χ1v) is 6.03. The Bertz CT molecular complexity index is 381. The second-order valence-corrected chi connectivity index (χ2v) is 4.17. The van der Waals surface area contributed by atoms with Gasteiger partial charge in [-0.05, 0) is 0 Å². The van der Waals surface area contributed by atoms with E-state index in [2.05, 4.69) is 10.6 Å². The minimum Gasteiger partial charge on any atom is -0.354 e. The summed E-state index contributed by atoms with van der Waals surface area (Å²) >= 11 is 0. The van der Waals surface area contributed by atoms with E-state index in [4.69, 9.17) is 0 Å². The Morgan fingerprint density at radius 3 is 1.39 bits per heavy atom. The van der Waals surface area contributed by atoms with Gasteiger partial charge in [0.05, 0.1) is 11.8 Å². The van der Waals surface area contributed by atoms with Gasteiger partial charge in [-0.2, -0.15) is 0 Å². The Balaban J connectivity index is 1.61. The Kier molecular flexibility index (Phi) is 4.12. The van der Waals surface area contributed by atoms with Crippen LogP contribution < -0.4 is 10.6 Å². The first kappa shape index (κ1) is 12.4. The van der Waals surface area contributed by atoms with E-state index < -0.39 is 0 Å². The maximum atomic E-state index is 11.6. The molecule has 2 aliphatic carbocycles. The van der Waals surface area contributed by atoms with Gasteiger partial charge in [-0.25, -0.2) is 0 Å². The molecule has 0 atom stereocenters. The largest absolute Gasteiger partial charge is 0.354 e. The molecule has 4 heteroatoms. The molecule has 2 rings (SSSR count). The highest BCUT2D eigenvalue weighted by Gasteiger charge is 2.15. The molecule has 2 aliphatic rings. The van der Waals surface area contributed by atoms with Crippen molar-refractivity contribution in [3.05, 3.63) is 48.6 Å². The molecule has 0 radical (unpaired) electrons. The van der Waals surface area contributed by atoms with Gasteiger partial charge in [0.25, 0.3) is 0 Å². The van der Waals surface area contributed by atoms with Crippen LogP contribution in [0.5, 0.6) is 0 Å². The van der Waals surface area contributed by atoms with Crippen molar-refractivity contribution in [2.24, 2.45) is 11.8 Å². The van der Waals surface area contributed by atoms with Crippen molar-refractivity contribution in [3.63, 3.8) is 0 Å². The van der Waals surface area contributed by atoms with E-state index in [9.17, 15) is 9.59 Å². The summed E-state index contributed by atoms with van der Waals surface area (Å²) in [6, 6.07) is 0. The summed E-state index contributed by atoms with van der Waals surface area (Å²) in [7, 11) is 0. The molecule has 0 saturated carbocycles. The lowest BCUT2D eigenvalue weighted by atomic mass is 10.1. The molecular formula is C14H16N2O2. The maximum absolute atomic E-state index is 11.6. The topological polar surface area (TPSA) is 58.2 Å². The lowest BCUT2D eigenvalue weighted by Gasteiger charge is -2.10.